The van der Waals surface area contributed by atoms with Crippen LogP contribution in [-0.4, -0.2) is 42.9 Å². The van der Waals surface area contributed by atoms with E-state index in [-0.39, 0.29) is 11.8 Å². The number of hydrogen-bond donors (Lipinski definition) is 2. The summed E-state index contributed by atoms with van der Waals surface area (Å²) in [6.45, 7) is 7.90. The molecule has 0 spiro atoms. The third kappa shape index (κ3) is 6.02. The van der Waals surface area contributed by atoms with Crippen molar-refractivity contribution in [3.05, 3.63) is 29.8 Å². The van der Waals surface area contributed by atoms with Crippen molar-refractivity contribution in [2.75, 3.05) is 31.5 Å². The van der Waals surface area contributed by atoms with Crippen molar-refractivity contribution < 1.29 is 9.59 Å². The van der Waals surface area contributed by atoms with Crippen molar-refractivity contribution in [3.8, 4) is 0 Å². The van der Waals surface area contributed by atoms with Crippen LogP contribution in [0.25, 0.3) is 0 Å². The number of Topliss-reactive ketones (excluding diaryl/α,β-unsaturated/α-hetero) is 1. The lowest BCUT2D eigenvalue weighted by atomic mass is 9.99. The molecule has 1 aromatic rings. The van der Waals surface area contributed by atoms with Crippen LogP contribution in [0.2, 0.25) is 0 Å². The van der Waals surface area contributed by atoms with Crippen molar-refractivity contribution in [2.45, 2.75) is 33.1 Å². The molecule has 0 aromatic heterocycles. The Bertz CT molecular complexity index is 520. The monoisotopic (exact) mass is 317 g/mol. The predicted molar refractivity (Wildman–Crippen MR) is 92.9 cm³/mol. The molecule has 0 radical (unpaired) electrons. The van der Waals surface area contributed by atoms with Crippen LogP contribution < -0.4 is 10.6 Å². The number of rotatable bonds is 6. The summed E-state index contributed by atoms with van der Waals surface area (Å²) >= 11 is 0. The van der Waals surface area contributed by atoms with E-state index in [9.17, 15) is 9.59 Å². The van der Waals surface area contributed by atoms with Gasteiger partial charge in [0.2, 0.25) is 0 Å². The minimum absolute atomic E-state index is 0.0214. The Morgan fingerprint density at radius 3 is 2.43 bits per heavy atom. The highest BCUT2D eigenvalue weighted by Crippen LogP contribution is 2.15. The summed E-state index contributed by atoms with van der Waals surface area (Å²) < 4.78 is 0. The highest BCUT2D eigenvalue weighted by molar-refractivity contribution is 5.95. The van der Waals surface area contributed by atoms with E-state index in [1.54, 1.807) is 24.3 Å². The van der Waals surface area contributed by atoms with E-state index in [0.717, 1.165) is 18.9 Å². The van der Waals surface area contributed by atoms with Gasteiger partial charge in [-0.25, -0.2) is 4.79 Å². The molecule has 2 N–H and O–H groups in total. The summed E-state index contributed by atoms with van der Waals surface area (Å²) in [6.07, 6.45) is 3.53. The van der Waals surface area contributed by atoms with Crippen LogP contribution in [0.15, 0.2) is 24.3 Å². The second-order valence-electron chi connectivity index (χ2n) is 6.39. The summed E-state index contributed by atoms with van der Waals surface area (Å²) in [6, 6.07) is 6.72. The molecule has 5 nitrogen and oxygen atoms in total. The molecule has 0 unspecified atom stereocenters. The van der Waals surface area contributed by atoms with Crippen LogP contribution in [0.4, 0.5) is 10.5 Å². The Morgan fingerprint density at radius 2 is 1.83 bits per heavy atom. The molecule has 1 aromatic carbocycles. The van der Waals surface area contributed by atoms with Gasteiger partial charge in [0.1, 0.15) is 0 Å². The van der Waals surface area contributed by atoms with Gasteiger partial charge in [-0.15, -0.1) is 0 Å². The molecule has 1 saturated heterocycles. The topological polar surface area (TPSA) is 61.4 Å². The average Bonchev–Trinajstić information content (AvgIpc) is 2.54. The van der Waals surface area contributed by atoms with Gasteiger partial charge in [0.05, 0.1) is 0 Å². The number of ketones is 1. The highest BCUT2D eigenvalue weighted by atomic mass is 16.2. The van der Waals surface area contributed by atoms with Crippen LogP contribution in [0.5, 0.6) is 0 Å². The number of carbonyl (C=O) groups excluding carboxylic acids is 2. The number of benzene rings is 1. The molecule has 5 heteroatoms. The van der Waals surface area contributed by atoms with Crippen LogP contribution in [0, 0.1) is 5.92 Å². The van der Waals surface area contributed by atoms with Crippen molar-refractivity contribution in [3.63, 3.8) is 0 Å². The van der Waals surface area contributed by atoms with Gasteiger partial charge in [0, 0.05) is 17.8 Å². The first-order chi connectivity index (χ1) is 11.0. The van der Waals surface area contributed by atoms with E-state index in [0.29, 0.717) is 17.8 Å². The standard InChI is InChI=1S/C18H27N3O2/c1-14-8-12-21(13-9-14)11-3-10-19-18(23)20-17-6-4-16(5-7-17)15(2)22/h4-7,14H,3,8-13H2,1-2H3,(H2,19,20,23). The van der Waals surface area contributed by atoms with Gasteiger partial charge in [-0.3, -0.25) is 4.79 Å². The molecule has 1 aliphatic heterocycles. The minimum Gasteiger partial charge on any atom is -0.338 e. The average molecular weight is 317 g/mol. The molecule has 0 aliphatic carbocycles. The molecular formula is C18H27N3O2. The van der Waals surface area contributed by atoms with E-state index in [1.807, 2.05) is 0 Å². The molecule has 1 heterocycles. The fourth-order valence-electron chi connectivity index (χ4n) is 2.75. The van der Waals surface area contributed by atoms with Crippen LogP contribution in [0.1, 0.15) is 43.5 Å². The fraction of sp³-hybridized carbons (Fsp3) is 0.556. The summed E-state index contributed by atoms with van der Waals surface area (Å²) in [5.41, 5.74) is 1.34. The Balaban J connectivity index is 1.62. The van der Waals surface area contributed by atoms with Crippen LogP contribution >= 0.6 is 0 Å². The predicted octanol–water partition coefficient (Wildman–Crippen LogP) is 3.13. The SMILES string of the molecule is CC(=O)c1ccc(NC(=O)NCCCN2CCC(C)CC2)cc1. The van der Waals surface area contributed by atoms with E-state index in [4.69, 9.17) is 0 Å². The number of amides is 2. The van der Waals surface area contributed by atoms with E-state index in [2.05, 4.69) is 22.5 Å². The highest BCUT2D eigenvalue weighted by Gasteiger charge is 2.14. The number of urea groups is 1. The maximum absolute atomic E-state index is 11.8. The number of nitrogens with zero attached hydrogens (tertiary/aromatic N) is 1. The maximum atomic E-state index is 11.8. The van der Waals surface area contributed by atoms with Gasteiger partial charge in [-0.05, 0) is 76.0 Å². The summed E-state index contributed by atoms with van der Waals surface area (Å²) in [7, 11) is 0. The van der Waals surface area contributed by atoms with Gasteiger partial charge in [0.25, 0.3) is 0 Å². The van der Waals surface area contributed by atoms with E-state index in [1.165, 1.54) is 32.9 Å². The van der Waals surface area contributed by atoms with Crippen molar-refractivity contribution >= 4 is 17.5 Å². The number of anilines is 1. The lowest BCUT2D eigenvalue weighted by Crippen LogP contribution is -2.36. The number of hydrogen-bond acceptors (Lipinski definition) is 3. The van der Waals surface area contributed by atoms with Gasteiger partial charge in [-0.2, -0.15) is 0 Å². The normalized spacial score (nSPS) is 16.1. The minimum atomic E-state index is -0.201. The van der Waals surface area contributed by atoms with Crippen molar-refractivity contribution in [2.24, 2.45) is 5.92 Å². The fourth-order valence-corrected chi connectivity index (χ4v) is 2.75. The Labute approximate surface area is 138 Å². The van der Waals surface area contributed by atoms with Crippen LogP contribution in [-0.2, 0) is 0 Å². The second kappa shape index (κ2) is 8.67. The molecular weight excluding hydrogens is 290 g/mol. The molecule has 0 atom stereocenters. The molecule has 1 aliphatic rings. The maximum Gasteiger partial charge on any atom is 0.319 e. The first-order valence-electron chi connectivity index (χ1n) is 8.43. The quantitative estimate of drug-likeness (QED) is 0.626. The van der Waals surface area contributed by atoms with Gasteiger partial charge in [0.15, 0.2) is 5.78 Å². The van der Waals surface area contributed by atoms with Crippen molar-refractivity contribution in [1.29, 1.82) is 0 Å². The van der Waals surface area contributed by atoms with E-state index >= 15 is 0 Å². The molecule has 0 bridgehead atoms. The van der Waals surface area contributed by atoms with Gasteiger partial charge >= 0.3 is 6.03 Å². The van der Waals surface area contributed by atoms with Gasteiger partial charge in [-0.1, -0.05) is 6.92 Å². The molecule has 0 saturated carbocycles. The van der Waals surface area contributed by atoms with E-state index < -0.39 is 0 Å². The number of likely N-dealkylation sites (tertiary alicyclic amines) is 1. The zero-order chi connectivity index (χ0) is 16.7. The first-order valence-corrected chi connectivity index (χ1v) is 8.43. The second-order valence-corrected chi connectivity index (χ2v) is 6.39. The van der Waals surface area contributed by atoms with Gasteiger partial charge < -0.3 is 15.5 Å². The number of piperidine rings is 1. The summed E-state index contributed by atoms with van der Waals surface area (Å²) in [5.74, 6) is 0.873. The summed E-state index contributed by atoms with van der Waals surface area (Å²) in [4.78, 5) is 25.5. The molecule has 126 valence electrons. The Hall–Kier alpha value is -1.88. The number of nitrogens with one attached hydrogen (secondary N) is 2. The van der Waals surface area contributed by atoms with Crippen LogP contribution in [0.3, 0.4) is 0 Å². The lowest BCUT2D eigenvalue weighted by Gasteiger charge is -2.30. The molecule has 1 fully saturated rings. The third-order valence-electron chi connectivity index (χ3n) is 4.36. The Morgan fingerprint density at radius 1 is 1.17 bits per heavy atom. The van der Waals surface area contributed by atoms with Crippen molar-refractivity contribution in [1.82, 2.24) is 10.2 Å². The third-order valence-corrected chi connectivity index (χ3v) is 4.36. The largest absolute Gasteiger partial charge is 0.338 e. The molecule has 2 amide bonds. The summed E-state index contributed by atoms with van der Waals surface area (Å²) in [5, 5.41) is 5.65. The number of carbonyl (C=O) groups is 2. The zero-order valence-corrected chi connectivity index (χ0v) is 14.1. The Kier molecular flexibility index (Phi) is 6.59. The lowest BCUT2D eigenvalue weighted by molar-refractivity contribution is 0.101. The first kappa shape index (κ1) is 17.5. The molecule has 2 rings (SSSR count). The smallest absolute Gasteiger partial charge is 0.319 e. The zero-order valence-electron chi connectivity index (χ0n) is 14.1. The molecule has 23 heavy (non-hydrogen) atoms.